The monoisotopic (exact) mass is 303 g/mol. The van der Waals surface area contributed by atoms with E-state index in [-0.39, 0.29) is 17.9 Å². The van der Waals surface area contributed by atoms with Gasteiger partial charge in [-0.1, -0.05) is 13.3 Å². The van der Waals surface area contributed by atoms with E-state index in [4.69, 9.17) is 0 Å². The highest BCUT2D eigenvalue weighted by Crippen LogP contribution is 2.23. The van der Waals surface area contributed by atoms with Gasteiger partial charge >= 0.3 is 0 Å². The van der Waals surface area contributed by atoms with Crippen molar-refractivity contribution in [3.05, 3.63) is 0 Å². The average molecular weight is 303 g/mol. The van der Waals surface area contributed by atoms with Crippen LogP contribution in [0.15, 0.2) is 0 Å². The quantitative estimate of drug-likeness (QED) is 0.807. The summed E-state index contributed by atoms with van der Waals surface area (Å²) in [5.41, 5.74) is 0. The van der Waals surface area contributed by atoms with Crippen LogP contribution in [0.25, 0.3) is 0 Å². The molecule has 20 heavy (non-hydrogen) atoms. The topological polar surface area (TPSA) is 69.7 Å². The fourth-order valence-corrected chi connectivity index (χ4v) is 4.66. The summed E-state index contributed by atoms with van der Waals surface area (Å²) in [5.74, 6) is 0.246. The number of amides is 1. The van der Waals surface area contributed by atoms with E-state index in [0.29, 0.717) is 26.2 Å². The average Bonchev–Trinajstić information content (AvgIpc) is 2.99. The number of hydrogen-bond donors (Lipinski definition) is 1. The zero-order valence-electron chi connectivity index (χ0n) is 12.3. The van der Waals surface area contributed by atoms with Crippen molar-refractivity contribution in [2.75, 3.05) is 26.2 Å². The Bertz CT molecular complexity index is 446. The van der Waals surface area contributed by atoms with E-state index >= 15 is 0 Å². The van der Waals surface area contributed by atoms with Gasteiger partial charge in [0.15, 0.2) is 0 Å². The van der Waals surface area contributed by atoms with Crippen LogP contribution in [0.5, 0.6) is 0 Å². The first-order valence-corrected chi connectivity index (χ1v) is 8.91. The van der Waals surface area contributed by atoms with Crippen LogP contribution in [0, 0.1) is 5.92 Å². The van der Waals surface area contributed by atoms with Gasteiger partial charge in [-0.25, -0.2) is 0 Å². The molecule has 0 aromatic carbocycles. The molecule has 2 aliphatic heterocycles. The molecule has 0 aromatic rings. The maximum atomic E-state index is 12.3. The SMILES string of the molecule is CCCC1CN(C(C)=O)CC1NS(=O)(=O)N1CCCC1. The molecule has 2 rings (SSSR count). The second-order valence-corrected chi connectivity index (χ2v) is 7.51. The summed E-state index contributed by atoms with van der Waals surface area (Å²) in [5, 5.41) is 0. The Balaban J connectivity index is 2.03. The lowest BCUT2D eigenvalue weighted by molar-refractivity contribution is -0.127. The highest BCUT2D eigenvalue weighted by molar-refractivity contribution is 7.87. The molecule has 0 spiro atoms. The molecule has 0 aromatic heterocycles. The largest absolute Gasteiger partial charge is 0.341 e. The number of rotatable bonds is 5. The highest BCUT2D eigenvalue weighted by atomic mass is 32.2. The minimum Gasteiger partial charge on any atom is -0.341 e. The Kier molecular flexibility index (Phi) is 5.04. The molecule has 116 valence electrons. The molecule has 0 radical (unpaired) electrons. The van der Waals surface area contributed by atoms with Gasteiger partial charge in [0.2, 0.25) is 5.91 Å². The first kappa shape index (κ1) is 15.7. The zero-order valence-corrected chi connectivity index (χ0v) is 13.2. The van der Waals surface area contributed by atoms with Crippen molar-refractivity contribution in [3.63, 3.8) is 0 Å². The number of nitrogens with one attached hydrogen (secondary N) is 1. The summed E-state index contributed by atoms with van der Waals surface area (Å²) in [6, 6.07) is -0.149. The molecule has 1 amide bonds. The van der Waals surface area contributed by atoms with Crippen molar-refractivity contribution in [2.45, 2.75) is 45.6 Å². The Morgan fingerprint density at radius 2 is 1.90 bits per heavy atom. The van der Waals surface area contributed by atoms with Crippen LogP contribution in [0.2, 0.25) is 0 Å². The van der Waals surface area contributed by atoms with Crippen molar-refractivity contribution in [1.29, 1.82) is 0 Å². The lowest BCUT2D eigenvalue weighted by Gasteiger charge is -2.23. The third kappa shape index (κ3) is 3.51. The van der Waals surface area contributed by atoms with Gasteiger partial charge in [-0.2, -0.15) is 17.4 Å². The molecular formula is C13H25N3O3S. The molecule has 0 aliphatic carbocycles. The van der Waals surface area contributed by atoms with Gasteiger partial charge in [-0.3, -0.25) is 4.79 Å². The minimum atomic E-state index is -3.40. The fourth-order valence-electron chi connectivity index (χ4n) is 3.12. The predicted octanol–water partition coefficient (Wildman–Crippen LogP) is 0.564. The lowest BCUT2D eigenvalue weighted by Crippen LogP contribution is -2.47. The maximum Gasteiger partial charge on any atom is 0.279 e. The van der Waals surface area contributed by atoms with Crippen LogP contribution in [0.1, 0.15) is 39.5 Å². The molecule has 0 saturated carbocycles. The number of carbonyl (C=O) groups excluding carboxylic acids is 1. The van der Waals surface area contributed by atoms with Crippen LogP contribution in [0.4, 0.5) is 0 Å². The molecule has 2 fully saturated rings. The Morgan fingerprint density at radius 1 is 1.25 bits per heavy atom. The van der Waals surface area contributed by atoms with Crippen LogP contribution in [-0.2, 0) is 15.0 Å². The predicted molar refractivity (Wildman–Crippen MR) is 77.3 cm³/mol. The highest BCUT2D eigenvalue weighted by Gasteiger charge is 2.37. The van der Waals surface area contributed by atoms with E-state index in [1.165, 1.54) is 4.31 Å². The maximum absolute atomic E-state index is 12.3. The summed E-state index contributed by atoms with van der Waals surface area (Å²) >= 11 is 0. The molecule has 2 aliphatic rings. The molecule has 0 bridgehead atoms. The van der Waals surface area contributed by atoms with Gasteiger partial charge in [-0.05, 0) is 25.2 Å². The van der Waals surface area contributed by atoms with Crippen molar-refractivity contribution < 1.29 is 13.2 Å². The molecule has 7 heteroatoms. The summed E-state index contributed by atoms with van der Waals surface area (Å²) in [6.07, 6.45) is 3.81. The van der Waals surface area contributed by atoms with Gasteiger partial charge in [0.1, 0.15) is 0 Å². The summed E-state index contributed by atoms with van der Waals surface area (Å²) in [7, 11) is -3.40. The molecule has 2 unspecified atom stereocenters. The number of likely N-dealkylation sites (tertiary alicyclic amines) is 1. The second-order valence-electron chi connectivity index (χ2n) is 5.81. The zero-order chi connectivity index (χ0) is 14.8. The number of carbonyl (C=O) groups is 1. The van der Waals surface area contributed by atoms with Crippen LogP contribution in [-0.4, -0.2) is 55.8 Å². The fraction of sp³-hybridized carbons (Fsp3) is 0.923. The van der Waals surface area contributed by atoms with Gasteiger partial charge in [-0.15, -0.1) is 0 Å². The lowest BCUT2D eigenvalue weighted by atomic mass is 9.99. The van der Waals surface area contributed by atoms with Crippen molar-refractivity contribution in [3.8, 4) is 0 Å². The van der Waals surface area contributed by atoms with E-state index in [0.717, 1.165) is 25.7 Å². The first-order chi connectivity index (χ1) is 9.44. The van der Waals surface area contributed by atoms with Crippen molar-refractivity contribution in [1.82, 2.24) is 13.9 Å². The van der Waals surface area contributed by atoms with Crippen LogP contribution >= 0.6 is 0 Å². The Hall–Kier alpha value is -0.660. The molecule has 6 nitrogen and oxygen atoms in total. The summed E-state index contributed by atoms with van der Waals surface area (Å²) < 4.78 is 29.0. The molecule has 2 atom stereocenters. The van der Waals surface area contributed by atoms with Gasteiger partial charge in [0.05, 0.1) is 0 Å². The smallest absolute Gasteiger partial charge is 0.279 e. The molecular weight excluding hydrogens is 278 g/mol. The third-order valence-corrected chi connectivity index (χ3v) is 5.90. The van der Waals surface area contributed by atoms with E-state index in [2.05, 4.69) is 11.6 Å². The Labute approximate surface area is 121 Å². The first-order valence-electron chi connectivity index (χ1n) is 7.47. The standard InChI is InChI=1S/C13H25N3O3S/c1-3-6-12-9-15(11(2)17)10-13(12)14-20(18,19)16-7-4-5-8-16/h12-14H,3-10H2,1-2H3. The van der Waals surface area contributed by atoms with Crippen molar-refractivity contribution >= 4 is 16.1 Å². The summed E-state index contributed by atoms with van der Waals surface area (Å²) in [4.78, 5) is 13.2. The van der Waals surface area contributed by atoms with E-state index in [1.54, 1.807) is 11.8 Å². The minimum absolute atomic E-state index is 0.0222. The van der Waals surface area contributed by atoms with Gasteiger partial charge < -0.3 is 4.90 Å². The van der Waals surface area contributed by atoms with Crippen LogP contribution < -0.4 is 4.72 Å². The number of hydrogen-bond acceptors (Lipinski definition) is 3. The van der Waals surface area contributed by atoms with E-state index in [9.17, 15) is 13.2 Å². The van der Waals surface area contributed by atoms with E-state index in [1.807, 2.05) is 0 Å². The molecule has 2 heterocycles. The van der Waals surface area contributed by atoms with E-state index < -0.39 is 10.2 Å². The van der Waals surface area contributed by atoms with Crippen LogP contribution in [0.3, 0.4) is 0 Å². The van der Waals surface area contributed by atoms with Gasteiger partial charge in [0, 0.05) is 39.1 Å². The third-order valence-electron chi connectivity index (χ3n) is 4.25. The summed E-state index contributed by atoms with van der Waals surface area (Å²) in [6.45, 7) is 6.00. The van der Waals surface area contributed by atoms with Crippen molar-refractivity contribution in [2.24, 2.45) is 5.92 Å². The Morgan fingerprint density at radius 3 is 2.45 bits per heavy atom. The molecule has 1 N–H and O–H groups in total. The molecule has 2 saturated heterocycles. The second kappa shape index (κ2) is 6.41. The normalized spacial score (nSPS) is 28.2. The van der Waals surface area contributed by atoms with Gasteiger partial charge in [0.25, 0.3) is 10.2 Å². The number of nitrogens with zero attached hydrogens (tertiary/aromatic N) is 2.